The summed E-state index contributed by atoms with van der Waals surface area (Å²) in [5.74, 6) is 0.473. The Morgan fingerprint density at radius 2 is 1.75 bits per heavy atom. The van der Waals surface area contributed by atoms with Gasteiger partial charge in [-0.2, -0.15) is 0 Å². The predicted molar refractivity (Wildman–Crippen MR) is 218 cm³/mol. The van der Waals surface area contributed by atoms with Crippen molar-refractivity contribution in [2.24, 2.45) is 22.9 Å². The lowest BCUT2D eigenvalue weighted by Gasteiger charge is -2.59. The monoisotopic (exact) mass is 780 g/mol. The number of ether oxygens (including phenoxy) is 4. The van der Waals surface area contributed by atoms with Crippen LogP contribution in [-0.4, -0.2) is 85.4 Å². The molecule has 6 unspecified atom stereocenters. The summed E-state index contributed by atoms with van der Waals surface area (Å²) in [5, 5.41) is 24.4. The number of hydrogen-bond acceptors (Lipinski definition) is 10. The zero-order valence-corrected chi connectivity index (χ0v) is 33.3. The zero-order valence-electron chi connectivity index (χ0n) is 33.3. The minimum Gasteiger partial charge on any atom is -0.497 e. The van der Waals surface area contributed by atoms with E-state index in [1.165, 1.54) is 0 Å². The van der Waals surface area contributed by atoms with Gasteiger partial charge in [0.05, 0.1) is 31.8 Å². The molecule has 3 aromatic rings. The topological polar surface area (TPSA) is 136 Å². The Kier molecular flexibility index (Phi) is 14.2. The minimum absolute atomic E-state index is 0.0666. The third-order valence-corrected chi connectivity index (χ3v) is 11.5. The highest BCUT2D eigenvalue weighted by molar-refractivity contribution is 6.03. The van der Waals surface area contributed by atoms with Gasteiger partial charge in [0.1, 0.15) is 41.9 Å². The number of allylic oxidation sites excluding steroid dienone is 1. The van der Waals surface area contributed by atoms with Gasteiger partial charge in [-0.05, 0) is 98.0 Å². The first-order valence-electron chi connectivity index (χ1n) is 20.1. The van der Waals surface area contributed by atoms with E-state index in [1.807, 2.05) is 55.5 Å². The molecule has 1 heterocycles. The molecule has 57 heavy (non-hydrogen) atoms. The number of rotatable bonds is 20. The molecule has 1 amide bonds. The number of hydrogen-bond donors (Lipinski definition) is 2. The maximum atomic E-state index is 14.4. The van der Waals surface area contributed by atoms with Gasteiger partial charge in [0, 0.05) is 43.7 Å². The number of carbonyl (C=O) groups excluding carboxylic acids is 2. The fourth-order valence-electron chi connectivity index (χ4n) is 8.98. The number of carbonyl (C=O) groups is 2. The van der Waals surface area contributed by atoms with Crippen molar-refractivity contribution in [1.82, 2.24) is 4.90 Å². The number of aldehydes is 1. The third-order valence-electron chi connectivity index (χ3n) is 11.5. The molecule has 0 radical (unpaired) electrons. The van der Waals surface area contributed by atoms with Crippen LogP contribution in [0.3, 0.4) is 0 Å². The summed E-state index contributed by atoms with van der Waals surface area (Å²) in [4.78, 5) is 33.5. The van der Waals surface area contributed by atoms with E-state index in [2.05, 4.69) is 12.7 Å². The van der Waals surface area contributed by atoms with Gasteiger partial charge in [0.2, 0.25) is 11.7 Å². The molecule has 3 aromatic carbocycles. The van der Waals surface area contributed by atoms with Gasteiger partial charge >= 0.3 is 0 Å². The number of methoxy groups -OCH3 is 1. The van der Waals surface area contributed by atoms with Crippen molar-refractivity contribution < 1.29 is 43.6 Å². The average Bonchev–Trinajstić information content (AvgIpc) is 3.23. The van der Waals surface area contributed by atoms with Crippen LogP contribution >= 0.6 is 0 Å². The number of benzene rings is 3. The second-order valence-corrected chi connectivity index (χ2v) is 15.0. The van der Waals surface area contributed by atoms with Gasteiger partial charge in [-0.3, -0.25) is 9.59 Å². The zero-order chi connectivity index (χ0) is 40.4. The highest BCUT2D eigenvalue weighted by Crippen LogP contribution is 2.62. The fraction of sp³-hybridized carbons (Fsp3) is 0.457. The standard InChI is InChI=1S/C46H56N2O9/c1-5-23-54-46-42(48(3)43(52)26-31-13-11-16-34(24-31)53-4)29-40(47-55-6-2)38-27-33(15-7-9-21-49)37(18-8-10-22-50)44(45(38)46)39-28-36(19-20-41(39)57-46)56-35-17-12-14-32(25-35)30-51/h5,11-14,16-17,19-20,24-25,27-28,30,33,37,42,44-45,49-50H,1,6-10,15,18,21-23,26,29H2,2-4H3. The van der Waals surface area contributed by atoms with Crippen LogP contribution in [0.1, 0.15) is 79.3 Å². The molecule has 1 saturated carbocycles. The summed E-state index contributed by atoms with van der Waals surface area (Å²) in [7, 11) is 3.41. The van der Waals surface area contributed by atoms with E-state index in [-0.39, 0.29) is 49.9 Å². The third kappa shape index (κ3) is 9.11. The highest BCUT2D eigenvalue weighted by Gasteiger charge is 2.65. The Bertz CT molecular complexity index is 1930. The number of amides is 1. The van der Waals surface area contributed by atoms with Crippen LogP contribution in [0.2, 0.25) is 0 Å². The molecular formula is C46H56N2O9. The van der Waals surface area contributed by atoms with Crippen molar-refractivity contribution in [3.8, 4) is 23.0 Å². The Labute approximate surface area is 335 Å². The van der Waals surface area contributed by atoms with Crippen LogP contribution in [-0.2, 0) is 20.8 Å². The number of likely N-dealkylation sites (N-methyl/N-ethyl adjacent to an activating group) is 1. The van der Waals surface area contributed by atoms with Crippen molar-refractivity contribution in [3.05, 3.63) is 108 Å². The van der Waals surface area contributed by atoms with Gasteiger partial charge in [-0.1, -0.05) is 54.4 Å². The Morgan fingerprint density at radius 3 is 2.49 bits per heavy atom. The average molecular weight is 781 g/mol. The SMILES string of the molecule is C=CCOC12Oc3ccc(Oc4cccc(C=O)c4)cc3C3C(CCCCO)C(CCCCO)C=C(C(=NOCC)CC1N(C)C(=O)Cc1cccc(OC)c1)C32. The van der Waals surface area contributed by atoms with Gasteiger partial charge in [-0.15, -0.1) is 6.58 Å². The number of fused-ring (bicyclic) bond motifs is 2. The molecule has 304 valence electrons. The normalized spacial score (nSPS) is 24.0. The number of unbranched alkanes of at least 4 members (excludes halogenated alkanes) is 2. The molecule has 11 nitrogen and oxygen atoms in total. The van der Waals surface area contributed by atoms with Gasteiger partial charge in [0.15, 0.2) is 0 Å². The van der Waals surface area contributed by atoms with Crippen LogP contribution in [0.25, 0.3) is 0 Å². The van der Waals surface area contributed by atoms with Crippen molar-refractivity contribution in [3.63, 3.8) is 0 Å². The minimum atomic E-state index is -1.35. The van der Waals surface area contributed by atoms with E-state index < -0.39 is 17.7 Å². The molecule has 6 atom stereocenters. The Hall–Kier alpha value is -4.97. The van der Waals surface area contributed by atoms with Crippen LogP contribution in [0, 0.1) is 17.8 Å². The molecule has 6 rings (SSSR count). The lowest BCUT2D eigenvalue weighted by molar-refractivity contribution is -0.255. The molecule has 0 spiro atoms. The number of oxime groups is 1. The van der Waals surface area contributed by atoms with Crippen molar-refractivity contribution in [2.45, 2.75) is 76.0 Å². The summed E-state index contributed by atoms with van der Waals surface area (Å²) < 4.78 is 26.0. The van der Waals surface area contributed by atoms with Crippen molar-refractivity contribution >= 4 is 17.9 Å². The van der Waals surface area contributed by atoms with E-state index in [0.717, 1.165) is 54.4 Å². The van der Waals surface area contributed by atoms with E-state index in [1.54, 1.807) is 43.3 Å². The van der Waals surface area contributed by atoms with Crippen LogP contribution in [0.4, 0.5) is 0 Å². The maximum absolute atomic E-state index is 14.4. The summed E-state index contributed by atoms with van der Waals surface area (Å²) >= 11 is 0. The first-order valence-corrected chi connectivity index (χ1v) is 20.1. The molecule has 3 aliphatic rings. The molecule has 0 aromatic heterocycles. The number of aliphatic hydroxyl groups excluding tert-OH is 2. The van der Waals surface area contributed by atoms with Crippen LogP contribution < -0.4 is 14.2 Å². The lowest BCUT2D eigenvalue weighted by atomic mass is 9.55. The van der Waals surface area contributed by atoms with E-state index in [4.69, 9.17) is 28.9 Å². The van der Waals surface area contributed by atoms with Crippen molar-refractivity contribution in [2.75, 3.05) is 40.6 Å². The molecule has 1 fully saturated rings. The second-order valence-electron chi connectivity index (χ2n) is 15.0. The Balaban J connectivity index is 1.53. The quantitative estimate of drug-likeness (QED) is 0.0513. The van der Waals surface area contributed by atoms with E-state index in [0.29, 0.717) is 54.4 Å². The van der Waals surface area contributed by atoms with E-state index in [9.17, 15) is 19.8 Å². The van der Waals surface area contributed by atoms with E-state index >= 15 is 0 Å². The maximum Gasteiger partial charge on any atom is 0.239 e. The molecule has 0 saturated heterocycles. The van der Waals surface area contributed by atoms with Gasteiger partial charge in [-0.25, -0.2) is 0 Å². The Morgan fingerprint density at radius 1 is 1.00 bits per heavy atom. The molecular weight excluding hydrogens is 725 g/mol. The highest BCUT2D eigenvalue weighted by atomic mass is 16.7. The number of aliphatic hydroxyl groups is 2. The molecule has 2 aliphatic carbocycles. The van der Waals surface area contributed by atoms with Crippen molar-refractivity contribution in [1.29, 1.82) is 0 Å². The lowest BCUT2D eigenvalue weighted by Crippen LogP contribution is -2.69. The largest absolute Gasteiger partial charge is 0.497 e. The smallest absolute Gasteiger partial charge is 0.239 e. The second kappa shape index (κ2) is 19.5. The summed E-state index contributed by atoms with van der Waals surface area (Å²) in [6.45, 7) is 6.63. The first kappa shape index (κ1) is 41.7. The summed E-state index contributed by atoms with van der Waals surface area (Å²) in [6.07, 6.45) is 9.89. The fourth-order valence-corrected chi connectivity index (χ4v) is 8.98. The van der Waals surface area contributed by atoms with Crippen LogP contribution in [0.15, 0.2) is 96.2 Å². The summed E-state index contributed by atoms with van der Waals surface area (Å²) in [6, 6.07) is 19.7. The summed E-state index contributed by atoms with van der Waals surface area (Å²) in [5.41, 5.74) is 3.97. The predicted octanol–water partition coefficient (Wildman–Crippen LogP) is 7.65. The molecule has 1 aliphatic heterocycles. The van der Waals surface area contributed by atoms with Gasteiger partial charge in [0.25, 0.3) is 0 Å². The molecule has 2 N–H and O–H groups in total. The first-order chi connectivity index (χ1) is 27.8. The number of nitrogens with zero attached hydrogens (tertiary/aromatic N) is 2. The van der Waals surface area contributed by atoms with Crippen LogP contribution in [0.5, 0.6) is 23.0 Å². The molecule has 0 bridgehead atoms. The molecule has 11 heteroatoms. The van der Waals surface area contributed by atoms with Gasteiger partial charge < -0.3 is 38.9 Å².